The smallest absolute Gasteiger partial charge is 0.233 e. The molecule has 3 aromatic heterocycles. The van der Waals surface area contributed by atoms with E-state index in [0.29, 0.717) is 5.92 Å². The van der Waals surface area contributed by atoms with Crippen molar-refractivity contribution in [3.05, 3.63) is 78.5 Å². The Morgan fingerprint density at radius 3 is 2.63 bits per heavy atom. The Labute approximate surface area is 175 Å². The van der Waals surface area contributed by atoms with Crippen molar-refractivity contribution >= 4 is 21.9 Å². The number of fused-ring (bicyclic) bond motifs is 2. The lowest BCUT2D eigenvalue weighted by Crippen LogP contribution is -2.12. The van der Waals surface area contributed by atoms with Gasteiger partial charge in [0.25, 0.3) is 0 Å². The van der Waals surface area contributed by atoms with E-state index in [0.717, 1.165) is 42.3 Å². The maximum Gasteiger partial charge on any atom is 0.233 e. The first-order valence-corrected chi connectivity index (χ1v) is 10.4. The van der Waals surface area contributed by atoms with Crippen molar-refractivity contribution in [3.8, 4) is 5.95 Å². The molecule has 0 unspecified atom stereocenters. The lowest BCUT2D eigenvalue weighted by molar-refractivity contribution is 0.518. The van der Waals surface area contributed by atoms with Crippen LogP contribution in [0.1, 0.15) is 25.2 Å². The van der Waals surface area contributed by atoms with Crippen molar-refractivity contribution in [2.45, 2.75) is 33.2 Å². The third-order valence-corrected chi connectivity index (χ3v) is 5.27. The minimum absolute atomic E-state index is 0.464. The Hall–Kier alpha value is -3.54. The van der Waals surface area contributed by atoms with E-state index in [2.05, 4.69) is 71.0 Å². The summed E-state index contributed by atoms with van der Waals surface area (Å²) in [5, 5.41) is 6.93. The molecule has 0 amide bonds. The summed E-state index contributed by atoms with van der Waals surface area (Å²) in [6.45, 7) is 5.22. The third kappa shape index (κ3) is 3.45. The minimum atomic E-state index is 0.464. The van der Waals surface area contributed by atoms with Crippen LogP contribution in [-0.4, -0.2) is 29.3 Å². The molecular formula is C24H24N6. The molecule has 0 aliphatic heterocycles. The zero-order valence-corrected chi connectivity index (χ0v) is 17.2. The molecule has 2 aromatic carbocycles. The van der Waals surface area contributed by atoms with Gasteiger partial charge in [0.2, 0.25) is 5.95 Å². The summed E-state index contributed by atoms with van der Waals surface area (Å²) in [5.74, 6) is 2.09. The van der Waals surface area contributed by atoms with Crippen molar-refractivity contribution in [2.75, 3.05) is 0 Å². The van der Waals surface area contributed by atoms with Crippen LogP contribution in [0, 0.1) is 5.92 Å². The van der Waals surface area contributed by atoms with E-state index >= 15 is 0 Å². The summed E-state index contributed by atoms with van der Waals surface area (Å²) >= 11 is 0. The molecule has 30 heavy (non-hydrogen) atoms. The van der Waals surface area contributed by atoms with Gasteiger partial charge in [-0.25, -0.2) is 19.6 Å². The number of hydrogen-bond acceptors (Lipinski definition) is 4. The molecule has 5 aromatic rings. The first-order valence-electron chi connectivity index (χ1n) is 10.4. The zero-order chi connectivity index (χ0) is 20.5. The molecule has 6 heteroatoms. The molecule has 0 aliphatic carbocycles. The fourth-order valence-corrected chi connectivity index (χ4v) is 3.91. The molecule has 5 rings (SSSR count). The topological polar surface area (TPSA) is 61.4 Å². The van der Waals surface area contributed by atoms with Gasteiger partial charge in [0, 0.05) is 25.4 Å². The van der Waals surface area contributed by atoms with E-state index < -0.39 is 0 Å². The first-order chi connectivity index (χ1) is 14.7. The molecule has 0 bridgehead atoms. The van der Waals surface area contributed by atoms with Crippen molar-refractivity contribution in [2.24, 2.45) is 5.92 Å². The monoisotopic (exact) mass is 396 g/mol. The maximum atomic E-state index is 4.90. The fraction of sp³-hybridized carbons (Fsp3) is 0.250. The number of aromatic nitrogens is 6. The maximum absolute atomic E-state index is 4.90. The standard InChI is InChI=1S/C24H24N6/c1-17(2)16-29-23-21(27-24(29)30-14-6-13-26-30)15-25-22(28-23)12-11-19-9-5-8-18-7-3-4-10-20(18)19/h3-10,13-15,17H,11-12,16H2,1-2H3. The Balaban J connectivity index is 1.49. The van der Waals surface area contributed by atoms with Gasteiger partial charge >= 0.3 is 0 Å². The van der Waals surface area contributed by atoms with Gasteiger partial charge in [-0.3, -0.25) is 4.57 Å². The van der Waals surface area contributed by atoms with Crippen molar-refractivity contribution in [3.63, 3.8) is 0 Å². The second-order valence-electron chi connectivity index (χ2n) is 8.00. The fourth-order valence-electron chi connectivity index (χ4n) is 3.91. The summed E-state index contributed by atoms with van der Waals surface area (Å²) in [5.41, 5.74) is 3.00. The van der Waals surface area contributed by atoms with Crippen molar-refractivity contribution < 1.29 is 0 Å². The molecule has 0 N–H and O–H groups in total. The van der Waals surface area contributed by atoms with Gasteiger partial charge in [0.1, 0.15) is 11.3 Å². The number of aryl methyl sites for hydroxylation is 2. The summed E-state index contributed by atoms with van der Waals surface area (Å²) in [7, 11) is 0. The van der Waals surface area contributed by atoms with Crippen LogP contribution < -0.4 is 0 Å². The van der Waals surface area contributed by atoms with E-state index in [1.54, 1.807) is 10.9 Å². The highest BCUT2D eigenvalue weighted by Crippen LogP contribution is 2.21. The van der Waals surface area contributed by atoms with Crippen molar-refractivity contribution in [1.82, 2.24) is 29.3 Å². The highest BCUT2D eigenvalue weighted by Gasteiger charge is 2.16. The van der Waals surface area contributed by atoms with E-state index in [-0.39, 0.29) is 0 Å². The van der Waals surface area contributed by atoms with Gasteiger partial charge in [-0.2, -0.15) is 5.10 Å². The van der Waals surface area contributed by atoms with Gasteiger partial charge in [-0.05, 0) is 34.7 Å². The van der Waals surface area contributed by atoms with E-state index in [1.807, 2.05) is 18.5 Å². The molecule has 3 heterocycles. The minimum Gasteiger partial charge on any atom is -0.293 e. The quantitative estimate of drug-likeness (QED) is 0.421. The van der Waals surface area contributed by atoms with Gasteiger partial charge in [-0.15, -0.1) is 0 Å². The Bertz CT molecular complexity index is 1300. The number of nitrogens with zero attached hydrogens (tertiary/aromatic N) is 6. The number of imidazole rings is 1. The molecule has 0 radical (unpaired) electrons. The molecule has 0 saturated heterocycles. The normalized spacial score (nSPS) is 11.7. The second kappa shape index (κ2) is 7.71. The van der Waals surface area contributed by atoms with Crippen LogP contribution in [0.3, 0.4) is 0 Å². The molecule has 0 aliphatic rings. The highest BCUT2D eigenvalue weighted by atomic mass is 15.4. The van der Waals surface area contributed by atoms with Crippen LogP contribution in [-0.2, 0) is 19.4 Å². The van der Waals surface area contributed by atoms with E-state index in [9.17, 15) is 0 Å². The van der Waals surface area contributed by atoms with Crippen LogP contribution in [0.4, 0.5) is 0 Å². The predicted octanol–water partition coefficient (Wildman–Crippen LogP) is 4.61. The molecular weight excluding hydrogens is 372 g/mol. The molecule has 0 spiro atoms. The Morgan fingerprint density at radius 2 is 1.80 bits per heavy atom. The summed E-state index contributed by atoms with van der Waals surface area (Å²) in [6.07, 6.45) is 7.20. The molecule has 0 fully saturated rings. The number of rotatable bonds is 6. The molecule has 150 valence electrons. The molecule has 0 atom stereocenters. The second-order valence-corrected chi connectivity index (χ2v) is 8.00. The average Bonchev–Trinajstić information content (AvgIpc) is 3.40. The van der Waals surface area contributed by atoms with Crippen LogP contribution in [0.15, 0.2) is 67.1 Å². The van der Waals surface area contributed by atoms with E-state index in [1.165, 1.54) is 16.3 Å². The lowest BCUT2D eigenvalue weighted by atomic mass is 10.0. The summed E-state index contributed by atoms with van der Waals surface area (Å²) in [4.78, 5) is 14.2. The predicted molar refractivity (Wildman–Crippen MR) is 119 cm³/mol. The average molecular weight is 396 g/mol. The zero-order valence-electron chi connectivity index (χ0n) is 17.2. The van der Waals surface area contributed by atoms with Crippen molar-refractivity contribution in [1.29, 1.82) is 0 Å². The van der Waals surface area contributed by atoms with Gasteiger partial charge in [-0.1, -0.05) is 56.3 Å². The Kier molecular flexibility index (Phi) is 4.75. The molecule has 0 saturated carbocycles. The summed E-state index contributed by atoms with van der Waals surface area (Å²) < 4.78 is 3.94. The largest absolute Gasteiger partial charge is 0.293 e. The lowest BCUT2D eigenvalue weighted by Gasteiger charge is -2.11. The number of hydrogen-bond donors (Lipinski definition) is 0. The van der Waals surface area contributed by atoms with Gasteiger partial charge in [0.05, 0.1) is 6.20 Å². The van der Waals surface area contributed by atoms with Gasteiger partial charge in [0.15, 0.2) is 5.65 Å². The Morgan fingerprint density at radius 1 is 0.933 bits per heavy atom. The molecule has 6 nitrogen and oxygen atoms in total. The summed E-state index contributed by atoms with van der Waals surface area (Å²) in [6, 6.07) is 16.9. The van der Waals surface area contributed by atoms with Crippen LogP contribution in [0.25, 0.3) is 27.9 Å². The van der Waals surface area contributed by atoms with Gasteiger partial charge < -0.3 is 0 Å². The first kappa shape index (κ1) is 18.5. The van der Waals surface area contributed by atoms with Crippen LogP contribution in [0.5, 0.6) is 0 Å². The highest BCUT2D eigenvalue weighted by molar-refractivity contribution is 5.85. The van der Waals surface area contributed by atoms with Crippen LogP contribution in [0.2, 0.25) is 0 Å². The third-order valence-electron chi connectivity index (χ3n) is 5.27. The van der Waals surface area contributed by atoms with E-state index in [4.69, 9.17) is 9.97 Å². The number of benzene rings is 2. The van der Waals surface area contributed by atoms with Crippen LogP contribution >= 0.6 is 0 Å². The SMILES string of the molecule is CC(C)Cn1c(-n2cccn2)nc2cnc(CCc3cccc4ccccc34)nc21.